The molecule has 202 valence electrons. The number of pyridine rings is 1. The predicted octanol–water partition coefficient (Wildman–Crippen LogP) is 4.68. The highest BCUT2D eigenvalue weighted by molar-refractivity contribution is 7.20. The summed E-state index contributed by atoms with van der Waals surface area (Å²) in [6.07, 6.45) is 1.35. The van der Waals surface area contributed by atoms with Crippen molar-refractivity contribution >= 4 is 50.2 Å². The molecule has 1 amide bonds. The number of carbonyl (C=O) groups excluding carboxylic acids is 1. The number of benzene rings is 2. The summed E-state index contributed by atoms with van der Waals surface area (Å²) in [6, 6.07) is 17.5. The average molecular weight is 557 g/mol. The Morgan fingerprint density at radius 1 is 1.12 bits per heavy atom. The number of carbonyl (C=O) groups is 1. The lowest BCUT2D eigenvalue weighted by molar-refractivity contribution is 0.103. The number of nitrogens with one attached hydrogen (secondary N) is 2. The Hall–Kier alpha value is -4.61. The van der Waals surface area contributed by atoms with Gasteiger partial charge < -0.3 is 20.6 Å². The van der Waals surface area contributed by atoms with Gasteiger partial charge in [0.1, 0.15) is 17.3 Å². The zero-order chi connectivity index (χ0) is 28.0. The van der Waals surface area contributed by atoms with Gasteiger partial charge in [0.15, 0.2) is 0 Å². The molecule has 0 aliphatic carbocycles. The van der Waals surface area contributed by atoms with Crippen molar-refractivity contribution in [3.8, 4) is 11.3 Å². The minimum absolute atomic E-state index is 0.0542. The van der Waals surface area contributed by atoms with Crippen LogP contribution in [0.4, 0.5) is 27.3 Å². The van der Waals surface area contributed by atoms with Gasteiger partial charge in [0.25, 0.3) is 11.5 Å². The number of anilines is 4. The molecule has 6 rings (SSSR count). The lowest BCUT2D eigenvalue weighted by atomic mass is 10.0. The number of amides is 1. The number of hydrogen-bond acceptors (Lipinski definition) is 8. The van der Waals surface area contributed by atoms with E-state index in [9.17, 15) is 19.1 Å². The molecule has 0 spiro atoms. The molecule has 5 aromatic rings. The van der Waals surface area contributed by atoms with Crippen LogP contribution < -0.4 is 21.1 Å². The molecule has 1 aliphatic heterocycles. The van der Waals surface area contributed by atoms with Gasteiger partial charge in [-0.25, -0.2) is 14.1 Å². The number of thiophene rings is 1. The van der Waals surface area contributed by atoms with Crippen LogP contribution in [0.1, 0.15) is 15.2 Å². The maximum Gasteiger partial charge on any atom is 0.290 e. The van der Waals surface area contributed by atoms with Crippen LogP contribution in [-0.4, -0.2) is 45.0 Å². The van der Waals surface area contributed by atoms with Gasteiger partial charge in [0, 0.05) is 30.4 Å². The SMILES string of the molecule is Cc1c(-c2cc(Nc3ccc(N4CC(O)C4)cn3)c(=O)n(C)n2)ccc(F)c1NC(=O)c1cc2ccccc2s1. The minimum Gasteiger partial charge on any atom is -0.389 e. The molecular weight excluding hydrogens is 531 g/mol. The number of fused-ring (bicyclic) bond motifs is 1. The summed E-state index contributed by atoms with van der Waals surface area (Å²) < 4.78 is 17.1. The Kier molecular flexibility index (Phi) is 6.53. The summed E-state index contributed by atoms with van der Waals surface area (Å²) in [4.78, 5) is 32.8. The maximum atomic E-state index is 15.0. The molecule has 0 bridgehead atoms. The van der Waals surface area contributed by atoms with Crippen molar-refractivity contribution in [1.82, 2.24) is 14.8 Å². The standard InChI is InChI=1S/C29H25FN6O3S/c1-16-20(8-9-21(30)27(16)33-28(38)25-11-17-5-3-4-6-24(17)40-25)22-12-23(29(39)35(2)34-22)32-26-10-7-18(13-31-26)36-14-19(37)15-36/h3-13,19,37H,14-15H2,1-2H3,(H,31,32)(H,33,38). The third-order valence-corrected chi connectivity index (χ3v) is 7.99. The van der Waals surface area contributed by atoms with E-state index in [2.05, 4.69) is 20.7 Å². The molecule has 1 aliphatic rings. The van der Waals surface area contributed by atoms with E-state index < -0.39 is 11.7 Å². The van der Waals surface area contributed by atoms with E-state index in [0.717, 1.165) is 15.8 Å². The number of aliphatic hydroxyl groups is 1. The molecular formula is C29H25FN6O3S. The molecule has 9 nitrogen and oxygen atoms in total. The highest BCUT2D eigenvalue weighted by Gasteiger charge is 2.24. The van der Waals surface area contributed by atoms with E-state index in [1.807, 2.05) is 35.2 Å². The first-order valence-corrected chi connectivity index (χ1v) is 13.4. The molecule has 1 fully saturated rings. The molecule has 0 radical (unpaired) electrons. The van der Waals surface area contributed by atoms with Crippen molar-refractivity contribution in [3.63, 3.8) is 0 Å². The third-order valence-electron chi connectivity index (χ3n) is 6.88. The first kappa shape index (κ1) is 25.7. The maximum absolute atomic E-state index is 15.0. The van der Waals surface area contributed by atoms with E-state index in [1.54, 1.807) is 37.4 Å². The van der Waals surface area contributed by atoms with Crippen molar-refractivity contribution in [3.05, 3.63) is 93.5 Å². The summed E-state index contributed by atoms with van der Waals surface area (Å²) in [6.45, 7) is 2.82. The normalized spacial score (nSPS) is 13.3. The fourth-order valence-electron chi connectivity index (χ4n) is 4.66. The third kappa shape index (κ3) is 4.80. The average Bonchev–Trinajstić information content (AvgIpc) is 3.37. The zero-order valence-corrected chi connectivity index (χ0v) is 22.5. The Balaban J connectivity index is 1.28. The lowest BCUT2D eigenvalue weighted by Crippen LogP contribution is -2.50. The molecule has 3 aromatic heterocycles. The largest absolute Gasteiger partial charge is 0.389 e. The summed E-state index contributed by atoms with van der Waals surface area (Å²) in [5.74, 6) is -0.512. The van der Waals surface area contributed by atoms with Crippen LogP contribution in [0.3, 0.4) is 0 Å². The van der Waals surface area contributed by atoms with Gasteiger partial charge in [-0.15, -0.1) is 11.3 Å². The van der Waals surface area contributed by atoms with Gasteiger partial charge in [-0.1, -0.05) is 18.2 Å². The molecule has 40 heavy (non-hydrogen) atoms. The first-order valence-electron chi connectivity index (χ1n) is 12.6. The summed E-state index contributed by atoms with van der Waals surface area (Å²) in [5.41, 5.74) is 2.28. The Morgan fingerprint density at radius 2 is 1.93 bits per heavy atom. The highest BCUT2D eigenvalue weighted by Crippen LogP contribution is 2.32. The summed E-state index contributed by atoms with van der Waals surface area (Å²) in [7, 11) is 1.53. The summed E-state index contributed by atoms with van der Waals surface area (Å²) in [5, 5.41) is 20.6. The number of aryl methyl sites for hydroxylation is 1. The number of aliphatic hydroxyl groups excluding tert-OH is 1. The van der Waals surface area contributed by atoms with E-state index in [4.69, 9.17) is 0 Å². The molecule has 3 N–H and O–H groups in total. The quantitative estimate of drug-likeness (QED) is 0.278. The topological polar surface area (TPSA) is 112 Å². The van der Waals surface area contributed by atoms with E-state index in [0.29, 0.717) is 40.6 Å². The van der Waals surface area contributed by atoms with Gasteiger partial charge in [-0.2, -0.15) is 5.10 Å². The number of nitrogens with zero attached hydrogens (tertiary/aromatic N) is 4. The second-order valence-corrected chi connectivity index (χ2v) is 10.7. The second kappa shape index (κ2) is 10.2. The second-order valence-electron chi connectivity index (χ2n) is 9.66. The molecule has 2 aromatic carbocycles. The van der Waals surface area contributed by atoms with Crippen LogP contribution in [-0.2, 0) is 7.05 Å². The first-order chi connectivity index (χ1) is 19.3. The fourth-order valence-corrected chi connectivity index (χ4v) is 5.62. The molecule has 0 saturated carbocycles. The lowest BCUT2D eigenvalue weighted by Gasteiger charge is -2.37. The Labute approximate surface area is 232 Å². The Bertz CT molecular complexity index is 1780. The van der Waals surface area contributed by atoms with Gasteiger partial charge >= 0.3 is 0 Å². The predicted molar refractivity (Wildman–Crippen MR) is 155 cm³/mol. The zero-order valence-electron chi connectivity index (χ0n) is 21.7. The number of rotatable bonds is 6. The number of β-amino-alcohol motifs (C(OH)–C–C–N with tert-alkyl or cyclic N) is 1. The van der Waals surface area contributed by atoms with E-state index in [1.165, 1.54) is 29.1 Å². The molecule has 0 unspecified atom stereocenters. The summed E-state index contributed by atoms with van der Waals surface area (Å²) >= 11 is 1.34. The minimum atomic E-state index is -0.571. The van der Waals surface area contributed by atoms with Crippen LogP contribution in [0.15, 0.2) is 71.7 Å². The van der Waals surface area contributed by atoms with Crippen LogP contribution in [0.25, 0.3) is 21.3 Å². The van der Waals surface area contributed by atoms with Gasteiger partial charge in [0.05, 0.1) is 34.2 Å². The van der Waals surface area contributed by atoms with Crippen molar-refractivity contribution < 1.29 is 14.3 Å². The Morgan fingerprint density at radius 3 is 2.65 bits per heavy atom. The van der Waals surface area contributed by atoms with Crippen molar-refractivity contribution in [2.45, 2.75) is 13.0 Å². The molecule has 4 heterocycles. The van der Waals surface area contributed by atoms with Crippen LogP contribution in [0.2, 0.25) is 0 Å². The number of halogens is 1. The van der Waals surface area contributed by atoms with Crippen LogP contribution >= 0.6 is 11.3 Å². The van der Waals surface area contributed by atoms with Gasteiger partial charge in [-0.05, 0) is 60.3 Å². The molecule has 0 atom stereocenters. The van der Waals surface area contributed by atoms with Crippen LogP contribution in [0, 0.1) is 12.7 Å². The highest BCUT2D eigenvalue weighted by atomic mass is 32.1. The fraction of sp³-hybridized carbons (Fsp3) is 0.172. The van der Waals surface area contributed by atoms with Crippen molar-refractivity contribution in [1.29, 1.82) is 0 Å². The molecule has 11 heteroatoms. The van der Waals surface area contributed by atoms with E-state index >= 15 is 0 Å². The molecule has 1 saturated heterocycles. The van der Waals surface area contributed by atoms with Crippen LogP contribution in [0.5, 0.6) is 0 Å². The number of hydrogen-bond donors (Lipinski definition) is 3. The van der Waals surface area contributed by atoms with E-state index in [-0.39, 0.29) is 23.0 Å². The van der Waals surface area contributed by atoms with Crippen molar-refractivity contribution in [2.24, 2.45) is 7.05 Å². The van der Waals surface area contributed by atoms with Crippen molar-refractivity contribution in [2.75, 3.05) is 28.6 Å². The number of aromatic nitrogens is 3. The van der Waals surface area contributed by atoms with Gasteiger partial charge in [0.2, 0.25) is 0 Å². The monoisotopic (exact) mass is 556 g/mol. The van der Waals surface area contributed by atoms with Gasteiger partial charge in [-0.3, -0.25) is 9.59 Å². The smallest absolute Gasteiger partial charge is 0.290 e.